The van der Waals surface area contributed by atoms with Crippen LogP contribution in [-0.4, -0.2) is 17.2 Å². The van der Waals surface area contributed by atoms with Crippen molar-refractivity contribution in [1.29, 1.82) is 0 Å². The fourth-order valence-electron chi connectivity index (χ4n) is 9.51. The maximum Gasteiger partial charge on any atom is 0.180 e. The van der Waals surface area contributed by atoms with Crippen LogP contribution in [0.3, 0.4) is 0 Å². The van der Waals surface area contributed by atoms with Crippen molar-refractivity contribution in [3.63, 3.8) is 0 Å². The normalized spacial score (nSPS) is 11.9. The average molecular weight is 743 g/mol. The molecule has 2 aromatic heterocycles. The number of rotatable bonds is 7. The molecule has 0 atom stereocenters. The zero-order valence-electron chi connectivity index (χ0n) is 31.3. The molecule has 0 unspecified atom stereocenters. The van der Waals surface area contributed by atoms with Gasteiger partial charge in [-0.25, -0.2) is 0 Å². The summed E-state index contributed by atoms with van der Waals surface area (Å²) in [5.41, 5.74) is 9.50. The Labute approximate surface area is 333 Å². The molecule has 0 saturated heterocycles. The molecule has 11 rings (SSSR count). The smallest absolute Gasteiger partial charge is 0.180 e. The van der Waals surface area contributed by atoms with E-state index in [9.17, 15) is 0 Å². The first-order valence-corrected chi connectivity index (χ1v) is 21.7. The van der Waals surface area contributed by atoms with Crippen molar-refractivity contribution in [3.8, 4) is 22.5 Å². The minimum absolute atomic E-state index is 1.15. The second-order valence-corrected chi connectivity index (χ2v) is 18.6. The Kier molecular flexibility index (Phi) is 7.87. The highest BCUT2D eigenvalue weighted by Crippen LogP contribution is 2.40. The van der Waals surface area contributed by atoms with E-state index in [-0.39, 0.29) is 0 Å². The molecule has 3 heteroatoms. The lowest BCUT2D eigenvalue weighted by molar-refractivity contribution is 1.13. The Morgan fingerprint density at radius 3 is 1.47 bits per heavy atom. The van der Waals surface area contributed by atoms with Gasteiger partial charge in [0.05, 0.1) is 27.8 Å². The molecule has 0 N–H and O–H groups in total. The summed E-state index contributed by atoms with van der Waals surface area (Å²) in [5.74, 6) is 0. The van der Waals surface area contributed by atoms with Crippen molar-refractivity contribution in [2.24, 2.45) is 0 Å². The van der Waals surface area contributed by atoms with Crippen LogP contribution < -0.4 is 20.7 Å². The molecule has 11 aromatic rings. The van der Waals surface area contributed by atoms with Gasteiger partial charge < -0.3 is 9.13 Å². The zero-order chi connectivity index (χ0) is 37.8. The number of nitrogens with zero attached hydrogens (tertiary/aromatic N) is 2. The minimum atomic E-state index is -2.93. The van der Waals surface area contributed by atoms with Gasteiger partial charge in [0.2, 0.25) is 0 Å². The molecular formula is C54H38N2Si. The van der Waals surface area contributed by atoms with Crippen molar-refractivity contribution in [2.75, 3.05) is 0 Å². The van der Waals surface area contributed by atoms with Crippen molar-refractivity contribution >= 4 is 72.4 Å². The van der Waals surface area contributed by atoms with Gasteiger partial charge in [-0.2, -0.15) is 0 Å². The number of fused-ring (bicyclic) bond motifs is 6. The first kappa shape index (κ1) is 33.2. The van der Waals surface area contributed by atoms with Crippen LogP contribution in [0, 0.1) is 0 Å². The van der Waals surface area contributed by atoms with E-state index in [1.54, 1.807) is 0 Å². The maximum atomic E-state index is 2.55. The van der Waals surface area contributed by atoms with E-state index < -0.39 is 8.07 Å². The van der Waals surface area contributed by atoms with Gasteiger partial charge in [-0.1, -0.05) is 188 Å². The Morgan fingerprint density at radius 1 is 0.316 bits per heavy atom. The number of hydrogen-bond acceptors (Lipinski definition) is 0. The van der Waals surface area contributed by atoms with E-state index in [0.717, 1.165) is 11.4 Å². The molecule has 0 aliphatic carbocycles. The molecule has 0 fully saturated rings. The number of aromatic nitrogens is 2. The second kappa shape index (κ2) is 13.5. The van der Waals surface area contributed by atoms with Gasteiger partial charge in [0.15, 0.2) is 8.07 Å². The van der Waals surface area contributed by atoms with Crippen LogP contribution in [0.5, 0.6) is 0 Å². The fraction of sp³-hybridized carbons (Fsp3) is 0. The SMILES string of the molecule is c1ccc(-c2ccc3c(c2)c2c([Si](c4ccccc4)(c4ccccc4)c4ccccc4)cccc2n3-c2cccc3c4ccccc4n(-c4ccccc4)c23)cc1. The van der Waals surface area contributed by atoms with E-state index in [1.807, 2.05) is 0 Å². The monoisotopic (exact) mass is 742 g/mol. The molecule has 268 valence electrons. The molecule has 57 heavy (non-hydrogen) atoms. The van der Waals surface area contributed by atoms with Gasteiger partial charge in [-0.3, -0.25) is 0 Å². The third-order valence-electron chi connectivity index (χ3n) is 11.9. The number of para-hydroxylation sites is 3. The van der Waals surface area contributed by atoms with E-state index in [2.05, 4.69) is 240 Å². The lowest BCUT2D eigenvalue weighted by atomic mass is 10.0. The molecule has 0 aliphatic rings. The Balaban J connectivity index is 1.34. The summed E-state index contributed by atoms with van der Waals surface area (Å²) in [6.07, 6.45) is 0. The van der Waals surface area contributed by atoms with Gasteiger partial charge in [0, 0.05) is 27.2 Å². The molecule has 0 aliphatic heterocycles. The van der Waals surface area contributed by atoms with Gasteiger partial charge in [0.25, 0.3) is 0 Å². The topological polar surface area (TPSA) is 9.86 Å². The summed E-state index contributed by atoms with van der Waals surface area (Å²) in [6, 6.07) is 85.3. The molecule has 0 bridgehead atoms. The predicted molar refractivity (Wildman–Crippen MR) is 244 cm³/mol. The number of hydrogen-bond donors (Lipinski definition) is 0. The molecule has 0 saturated carbocycles. The van der Waals surface area contributed by atoms with Gasteiger partial charge >= 0.3 is 0 Å². The van der Waals surface area contributed by atoms with Crippen LogP contribution in [0.15, 0.2) is 231 Å². The van der Waals surface area contributed by atoms with Crippen LogP contribution in [0.2, 0.25) is 0 Å². The summed E-state index contributed by atoms with van der Waals surface area (Å²) < 4.78 is 5.00. The highest BCUT2D eigenvalue weighted by molar-refractivity contribution is 7.20. The average Bonchev–Trinajstić information content (AvgIpc) is 3.82. The Morgan fingerprint density at radius 2 is 0.825 bits per heavy atom. The summed E-state index contributed by atoms with van der Waals surface area (Å²) in [7, 11) is -2.93. The Hall–Kier alpha value is -7.20. The van der Waals surface area contributed by atoms with Crippen molar-refractivity contribution in [1.82, 2.24) is 9.13 Å². The second-order valence-electron chi connectivity index (χ2n) is 14.8. The van der Waals surface area contributed by atoms with E-state index >= 15 is 0 Å². The van der Waals surface area contributed by atoms with Crippen LogP contribution in [-0.2, 0) is 0 Å². The van der Waals surface area contributed by atoms with E-state index in [0.29, 0.717) is 0 Å². The molecule has 9 aromatic carbocycles. The predicted octanol–water partition coefficient (Wildman–Crippen LogP) is 10.9. The van der Waals surface area contributed by atoms with Crippen molar-refractivity contribution in [3.05, 3.63) is 231 Å². The fourth-order valence-corrected chi connectivity index (χ4v) is 14.5. The van der Waals surface area contributed by atoms with Crippen LogP contribution in [0.1, 0.15) is 0 Å². The van der Waals surface area contributed by atoms with Crippen LogP contribution in [0.4, 0.5) is 0 Å². The molecule has 2 heterocycles. The zero-order valence-corrected chi connectivity index (χ0v) is 32.3. The number of benzene rings is 9. The first-order valence-electron chi connectivity index (χ1n) is 19.7. The molecule has 0 radical (unpaired) electrons. The minimum Gasteiger partial charge on any atom is -0.307 e. The van der Waals surface area contributed by atoms with Crippen molar-refractivity contribution in [2.45, 2.75) is 0 Å². The van der Waals surface area contributed by atoms with E-state index in [1.165, 1.54) is 75.5 Å². The van der Waals surface area contributed by atoms with Crippen LogP contribution in [0.25, 0.3) is 66.1 Å². The molecular weight excluding hydrogens is 705 g/mol. The van der Waals surface area contributed by atoms with Gasteiger partial charge in [0.1, 0.15) is 0 Å². The summed E-state index contributed by atoms with van der Waals surface area (Å²) in [4.78, 5) is 0. The largest absolute Gasteiger partial charge is 0.307 e. The van der Waals surface area contributed by atoms with E-state index in [4.69, 9.17) is 0 Å². The first-order chi connectivity index (χ1) is 28.3. The Bertz CT molecular complexity index is 3110. The standard InChI is InChI=1S/C54H38N2Si/c1-6-20-39(21-7-1)40-36-37-49-47(38-40)53-50(56(49)51-34-18-31-46-45-30-16-17-32-48(45)55(54(46)51)41-22-8-2-9-23-41)33-19-35-52(53)57(42-24-10-3-11-25-42,43-26-12-4-13-27-43)44-28-14-5-15-29-44/h1-38H. The van der Waals surface area contributed by atoms with Gasteiger partial charge in [-0.15, -0.1) is 0 Å². The lowest BCUT2D eigenvalue weighted by Gasteiger charge is -2.35. The highest BCUT2D eigenvalue weighted by atomic mass is 28.3. The van der Waals surface area contributed by atoms with Crippen LogP contribution >= 0.6 is 0 Å². The summed E-state index contributed by atoms with van der Waals surface area (Å²) >= 11 is 0. The molecule has 0 spiro atoms. The molecule has 2 nitrogen and oxygen atoms in total. The summed E-state index contributed by atoms with van der Waals surface area (Å²) in [6.45, 7) is 0. The quantitative estimate of drug-likeness (QED) is 0.114. The molecule has 0 amide bonds. The van der Waals surface area contributed by atoms with Gasteiger partial charge in [-0.05, 0) is 74.3 Å². The highest BCUT2D eigenvalue weighted by Gasteiger charge is 2.43. The maximum absolute atomic E-state index is 2.93. The van der Waals surface area contributed by atoms with Crippen molar-refractivity contribution < 1.29 is 0 Å². The third-order valence-corrected chi connectivity index (χ3v) is 16.7. The third kappa shape index (κ3) is 5.10. The lowest BCUT2D eigenvalue weighted by Crippen LogP contribution is -2.74. The summed E-state index contributed by atoms with van der Waals surface area (Å²) in [5, 5.41) is 10.5.